The highest BCUT2D eigenvalue weighted by atomic mass is 35.5. The van der Waals surface area contributed by atoms with Crippen LogP contribution in [-0.4, -0.2) is 50.2 Å². The normalized spacial score (nSPS) is 33.4. The fraction of sp³-hybridized carbons (Fsp3) is 0.800. The van der Waals surface area contributed by atoms with Gasteiger partial charge in [0.2, 0.25) is 0 Å². The van der Waals surface area contributed by atoms with Crippen LogP contribution in [0.25, 0.3) is 0 Å². The Morgan fingerprint density at radius 1 is 1.19 bits per heavy atom. The zero-order valence-corrected chi connectivity index (χ0v) is 13.4. The number of hydrogen-bond acceptors (Lipinski definition) is 4. The molecule has 0 radical (unpaired) electrons. The predicted molar refractivity (Wildman–Crippen MR) is 81.1 cm³/mol. The number of rotatable bonds is 3. The van der Waals surface area contributed by atoms with Crippen molar-refractivity contribution in [2.45, 2.75) is 44.9 Å². The molecule has 3 rings (SSSR count). The molecule has 1 aromatic rings. The zero-order valence-electron chi connectivity index (χ0n) is 12.7. The molecule has 2 fully saturated rings. The van der Waals surface area contributed by atoms with Crippen LogP contribution in [0.5, 0.6) is 0 Å². The molecular formula is C15H24ClN3O2. The molecule has 118 valence electrons. The van der Waals surface area contributed by atoms with Gasteiger partial charge >= 0.3 is 0 Å². The molecule has 1 aromatic heterocycles. The molecule has 2 heterocycles. The van der Waals surface area contributed by atoms with Crippen molar-refractivity contribution in [1.29, 1.82) is 0 Å². The van der Waals surface area contributed by atoms with Gasteiger partial charge in [0, 0.05) is 32.2 Å². The number of likely N-dealkylation sites (tertiary alicyclic amines) is 1. The molecule has 2 aliphatic rings. The highest BCUT2D eigenvalue weighted by Gasteiger charge is 2.41. The van der Waals surface area contributed by atoms with Gasteiger partial charge in [0.05, 0.1) is 17.9 Å². The van der Waals surface area contributed by atoms with Gasteiger partial charge < -0.3 is 10.2 Å². The van der Waals surface area contributed by atoms with E-state index in [1.165, 1.54) is 0 Å². The van der Waals surface area contributed by atoms with Crippen LogP contribution >= 0.6 is 11.6 Å². The molecule has 1 saturated carbocycles. The van der Waals surface area contributed by atoms with Crippen LogP contribution in [0.2, 0.25) is 5.15 Å². The smallest absolute Gasteiger partial charge is 0.131 e. The van der Waals surface area contributed by atoms with E-state index in [1.807, 2.05) is 7.05 Å². The van der Waals surface area contributed by atoms with Gasteiger partial charge in [0.15, 0.2) is 0 Å². The summed E-state index contributed by atoms with van der Waals surface area (Å²) in [4.78, 5) is 2.39. The first kappa shape index (κ1) is 15.3. The molecule has 4 atom stereocenters. The summed E-state index contributed by atoms with van der Waals surface area (Å²) in [6.07, 6.45) is 1.19. The molecule has 1 saturated heterocycles. The third kappa shape index (κ3) is 2.84. The molecule has 5 nitrogen and oxygen atoms in total. The Kier molecular flexibility index (Phi) is 4.28. The van der Waals surface area contributed by atoms with Gasteiger partial charge in [-0.15, -0.1) is 0 Å². The molecule has 2 N–H and O–H groups in total. The summed E-state index contributed by atoms with van der Waals surface area (Å²) in [6.45, 7) is 4.86. The van der Waals surface area contributed by atoms with Crippen molar-refractivity contribution in [1.82, 2.24) is 14.7 Å². The van der Waals surface area contributed by atoms with E-state index in [9.17, 15) is 10.2 Å². The summed E-state index contributed by atoms with van der Waals surface area (Å²) in [5.74, 6) is 0.979. The zero-order chi connectivity index (χ0) is 15.1. The van der Waals surface area contributed by atoms with Gasteiger partial charge in [-0.1, -0.05) is 18.5 Å². The monoisotopic (exact) mass is 313 g/mol. The highest BCUT2D eigenvalue weighted by Crippen LogP contribution is 2.37. The van der Waals surface area contributed by atoms with Crippen LogP contribution < -0.4 is 0 Å². The molecule has 1 aliphatic heterocycles. The van der Waals surface area contributed by atoms with Gasteiger partial charge in [-0.3, -0.25) is 9.58 Å². The van der Waals surface area contributed by atoms with Crippen molar-refractivity contribution in [2.75, 3.05) is 13.1 Å². The van der Waals surface area contributed by atoms with Crippen molar-refractivity contribution in [3.8, 4) is 0 Å². The predicted octanol–water partition coefficient (Wildman–Crippen LogP) is 1.20. The van der Waals surface area contributed by atoms with Gasteiger partial charge in [0.1, 0.15) is 5.15 Å². The number of aryl methyl sites for hydroxylation is 2. The molecular weight excluding hydrogens is 290 g/mol. The first-order valence-corrected chi connectivity index (χ1v) is 8.16. The Labute approximate surface area is 130 Å². The van der Waals surface area contributed by atoms with Crippen LogP contribution in [0.3, 0.4) is 0 Å². The van der Waals surface area contributed by atoms with Gasteiger partial charge in [0.25, 0.3) is 0 Å². The van der Waals surface area contributed by atoms with Crippen LogP contribution in [0, 0.1) is 11.8 Å². The molecule has 6 heteroatoms. The number of nitrogens with zero attached hydrogens (tertiary/aromatic N) is 3. The topological polar surface area (TPSA) is 61.5 Å². The van der Waals surface area contributed by atoms with E-state index in [2.05, 4.69) is 16.9 Å². The second-order valence-corrected chi connectivity index (χ2v) is 6.87. The van der Waals surface area contributed by atoms with Gasteiger partial charge in [-0.25, -0.2) is 0 Å². The lowest BCUT2D eigenvalue weighted by Crippen LogP contribution is -2.38. The van der Waals surface area contributed by atoms with Crippen molar-refractivity contribution in [3.05, 3.63) is 16.4 Å². The minimum Gasteiger partial charge on any atom is -0.390 e. The molecule has 0 amide bonds. The summed E-state index contributed by atoms with van der Waals surface area (Å²) in [6, 6.07) is 0. The molecule has 0 unspecified atom stereocenters. The number of fused-ring (bicyclic) bond motifs is 1. The Balaban J connectivity index is 1.70. The van der Waals surface area contributed by atoms with Gasteiger partial charge in [-0.2, -0.15) is 5.10 Å². The SMILES string of the molecule is CCc1nn(C)c(Cl)c1CN1C[C@H]2C[C@H](O)[C@H](O)C[C@H]2C1. The van der Waals surface area contributed by atoms with Crippen molar-refractivity contribution in [2.24, 2.45) is 18.9 Å². The Morgan fingerprint density at radius 3 is 2.29 bits per heavy atom. The van der Waals surface area contributed by atoms with E-state index < -0.39 is 12.2 Å². The Hall–Kier alpha value is -0.620. The summed E-state index contributed by atoms with van der Waals surface area (Å²) < 4.78 is 1.74. The van der Waals surface area contributed by atoms with Crippen LogP contribution in [0.15, 0.2) is 0 Å². The van der Waals surface area contributed by atoms with E-state index in [1.54, 1.807) is 4.68 Å². The number of aromatic nitrogens is 2. The molecule has 21 heavy (non-hydrogen) atoms. The van der Waals surface area contributed by atoms with Crippen LogP contribution in [0.4, 0.5) is 0 Å². The number of aliphatic hydroxyl groups excluding tert-OH is 2. The van der Waals surface area contributed by atoms with Crippen molar-refractivity contribution < 1.29 is 10.2 Å². The quantitative estimate of drug-likeness (QED) is 0.880. The molecule has 0 spiro atoms. The highest BCUT2D eigenvalue weighted by molar-refractivity contribution is 6.30. The van der Waals surface area contributed by atoms with Crippen molar-refractivity contribution >= 4 is 11.6 Å². The number of aliphatic hydroxyl groups is 2. The van der Waals surface area contributed by atoms with E-state index in [0.29, 0.717) is 24.7 Å². The van der Waals surface area contributed by atoms with Crippen molar-refractivity contribution in [3.63, 3.8) is 0 Å². The fourth-order valence-corrected chi connectivity index (χ4v) is 4.10. The first-order valence-electron chi connectivity index (χ1n) is 7.78. The van der Waals surface area contributed by atoms with Gasteiger partial charge in [-0.05, 0) is 31.1 Å². The van der Waals surface area contributed by atoms with E-state index in [4.69, 9.17) is 11.6 Å². The largest absolute Gasteiger partial charge is 0.390 e. The maximum Gasteiger partial charge on any atom is 0.131 e. The summed E-state index contributed by atoms with van der Waals surface area (Å²) in [5, 5.41) is 24.8. The minimum atomic E-state index is -0.556. The number of halogens is 1. The molecule has 0 bridgehead atoms. The summed E-state index contributed by atoms with van der Waals surface area (Å²) >= 11 is 6.36. The maximum absolute atomic E-state index is 9.83. The summed E-state index contributed by atoms with van der Waals surface area (Å²) in [7, 11) is 1.88. The second kappa shape index (κ2) is 5.88. The minimum absolute atomic E-state index is 0.490. The number of hydrogen-bond donors (Lipinski definition) is 2. The second-order valence-electron chi connectivity index (χ2n) is 6.51. The van der Waals surface area contributed by atoms with E-state index >= 15 is 0 Å². The summed E-state index contributed by atoms with van der Waals surface area (Å²) in [5.41, 5.74) is 2.19. The lowest BCUT2D eigenvalue weighted by Gasteiger charge is -2.32. The third-order valence-electron chi connectivity index (χ3n) is 5.05. The Bertz CT molecular complexity index is 501. The Morgan fingerprint density at radius 2 is 1.76 bits per heavy atom. The van der Waals surface area contributed by atoms with E-state index in [-0.39, 0.29) is 0 Å². The third-order valence-corrected chi connectivity index (χ3v) is 5.53. The first-order chi connectivity index (χ1) is 9.99. The maximum atomic E-state index is 9.83. The average Bonchev–Trinajstić information content (AvgIpc) is 2.94. The standard InChI is InChI=1S/C15H24ClN3O2/c1-3-12-11(15(16)18(2)17-12)8-19-6-9-4-13(20)14(21)5-10(9)7-19/h9-10,13-14,20-21H,3-8H2,1-2H3/t9-,10+,13+,14-. The van der Waals surface area contributed by atoms with Crippen LogP contribution in [0.1, 0.15) is 31.0 Å². The average molecular weight is 314 g/mol. The van der Waals surface area contributed by atoms with Crippen LogP contribution in [-0.2, 0) is 20.0 Å². The lowest BCUT2D eigenvalue weighted by molar-refractivity contribution is -0.0372. The lowest BCUT2D eigenvalue weighted by atomic mass is 9.79. The molecule has 0 aromatic carbocycles. The fourth-order valence-electron chi connectivity index (χ4n) is 3.90. The van der Waals surface area contributed by atoms with E-state index in [0.717, 1.165) is 42.5 Å². The molecule has 1 aliphatic carbocycles.